The molecule has 3 saturated heterocycles. The molecule has 0 aliphatic carbocycles. The predicted octanol–water partition coefficient (Wildman–Crippen LogP) is -7.60. The molecule has 15 atom stereocenters. The number of aliphatic hydroxyl groups is 9. The molecular formula is C20H35NO19S. The summed E-state index contributed by atoms with van der Waals surface area (Å²) in [6.45, 7) is -1.59. The van der Waals surface area contributed by atoms with E-state index in [4.69, 9.17) is 28.2 Å². The second-order valence-electron chi connectivity index (χ2n) is 9.57. The van der Waals surface area contributed by atoms with E-state index in [1.54, 1.807) is 0 Å². The maximum atomic E-state index is 11.6. The fourth-order valence-electron chi connectivity index (χ4n) is 4.70. The molecule has 11 N–H and O–H groups in total. The number of ether oxygens (including phenoxy) is 5. The highest BCUT2D eigenvalue weighted by atomic mass is 32.3. The van der Waals surface area contributed by atoms with Crippen LogP contribution in [0.4, 0.5) is 0 Å². The van der Waals surface area contributed by atoms with Gasteiger partial charge in [0.05, 0.1) is 19.8 Å². The Kier molecular flexibility index (Phi) is 11.7. The van der Waals surface area contributed by atoms with Crippen molar-refractivity contribution in [1.29, 1.82) is 0 Å². The van der Waals surface area contributed by atoms with Crippen molar-refractivity contribution in [2.24, 2.45) is 0 Å². The molecule has 0 aromatic heterocycles. The van der Waals surface area contributed by atoms with Gasteiger partial charge in [0.25, 0.3) is 0 Å². The highest BCUT2D eigenvalue weighted by Crippen LogP contribution is 2.33. The molecule has 3 rings (SSSR count). The molecule has 0 radical (unpaired) electrons. The summed E-state index contributed by atoms with van der Waals surface area (Å²) in [5.74, 6) is -0.679. The van der Waals surface area contributed by atoms with Gasteiger partial charge in [0, 0.05) is 6.92 Å². The molecular weight excluding hydrogens is 590 g/mol. The van der Waals surface area contributed by atoms with E-state index in [2.05, 4.69) is 9.50 Å². The number of aliphatic hydroxyl groups excluding tert-OH is 9. The van der Waals surface area contributed by atoms with Gasteiger partial charge < -0.3 is 75.0 Å². The normalized spacial score (nSPS) is 45.8. The second kappa shape index (κ2) is 14.0. The lowest BCUT2D eigenvalue weighted by Gasteiger charge is -2.48. The zero-order chi connectivity index (χ0) is 30.8. The number of carbonyl (C=O) groups excluding carboxylic acids is 1. The van der Waals surface area contributed by atoms with E-state index in [9.17, 15) is 59.2 Å². The summed E-state index contributed by atoms with van der Waals surface area (Å²) in [4.78, 5) is 11.6. The van der Waals surface area contributed by atoms with Crippen LogP contribution in [0.5, 0.6) is 0 Å². The molecule has 20 nitrogen and oxygen atoms in total. The van der Waals surface area contributed by atoms with Crippen molar-refractivity contribution < 1.29 is 91.6 Å². The lowest BCUT2D eigenvalue weighted by molar-refractivity contribution is -0.371. The Balaban J connectivity index is 1.80. The first-order valence-electron chi connectivity index (χ1n) is 12.2. The molecule has 0 spiro atoms. The Morgan fingerprint density at radius 3 is 1.73 bits per heavy atom. The maximum Gasteiger partial charge on any atom is 0.397 e. The third-order valence-electron chi connectivity index (χ3n) is 6.70. The van der Waals surface area contributed by atoms with E-state index in [1.165, 1.54) is 0 Å². The Hall–Kier alpha value is -1.22. The van der Waals surface area contributed by atoms with Crippen molar-refractivity contribution in [3.05, 3.63) is 0 Å². The van der Waals surface area contributed by atoms with Gasteiger partial charge in [0.2, 0.25) is 5.91 Å². The van der Waals surface area contributed by atoms with E-state index < -0.39 is 128 Å². The zero-order valence-corrected chi connectivity index (χ0v) is 22.2. The van der Waals surface area contributed by atoms with E-state index in [1.807, 2.05) is 0 Å². The average Bonchev–Trinajstić information content (AvgIpc) is 2.90. The number of carbonyl (C=O) groups is 1. The fourth-order valence-corrected chi connectivity index (χ4v) is 5.21. The maximum absolute atomic E-state index is 11.6. The summed E-state index contributed by atoms with van der Waals surface area (Å²) in [5, 5.41) is 94.2. The smallest absolute Gasteiger partial charge is 0.394 e. The first-order valence-corrected chi connectivity index (χ1v) is 13.6. The number of hydrogen-bond acceptors (Lipinski definition) is 18. The van der Waals surface area contributed by atoms with Gasteiger partial charge in [0.15, 0.2) is 18.9 Å². The van der Waals surface area contributed by atoms with Gasteiger partial charge in [-0.25, -0.2) is 4.18 Å². The molecule has 0 aromatic rings. The average molecular weight is 626 g/mol. The number of amides is 1. The second-order valence-corrected chi connectivity index (χ2v) is 10.6. The van der Waals surface area contributed by atoms with Gasteiger partial charge in [-0.1, -0.05) is 0 Å². The molecule has 3 aliphatic heterocycles. The molecule has 0 unspecified atom stereocenters. The summed E-state index contributed by atoms with van der Waals surface area (Å²) >= 11 is 0. The van der Waals surface area contributed by atoms with Crippen LogP contribution in [-0.4, -0.2) is 177 Å². The minimum absolute atomic E-state index is 0.679. The van der Waals surface area contributed by atoms with E-state index >= 15 is 0 Å². The first kappa shape index (κ1) is 34.3. The molecule has 3 fully saturated rings. The molecule has 3 heterocycles. The Bertz CT molecular complexity index is 970. The predicted molar refractivity (Wildman–Crippen MR) is 123 cm³/mol. The van der Waals surface area contributed by atoms with Crippen LogP contribution in [-0.2, 0) is 43.1 Å². The Labute approximate surface area is 232 Å². The van der Waals surface area contributed by atoms with Gasteiger partial charge in [-0.3, -0.25) is 9.35 Å². The number of rotatable bonds is 10. The molecule has 1 amide bonds. The van der Waals surface area contributed by atoms with Crippen LogP contribution in [0.15, 0.2) is 0 Å². The summed E-state index contributed by atoms with van der Waals surface area (Å²) in [7, 11) is -5.23. The van der Waals surface area contributed by atoms with Gasteiger partial charge in [-0.05, 0) is 0 Å². The van der Waals surface area contributed by atoms with Crippen molar-refractivity contribution in [2.45, 2.75) is 99.0 Å². The zero-order valence-electron chi connectivity index (χ0n) is 21.3. The minimum atomic E-state index is -5.23. The Morgan fingerprint density at radius 1 is 0.707 bits per heavy atom. The van der Waals surface area contributed by atoms with Crippen molar-refractivity contribution >= 4 is 16.3 Å². The monoisotopic (exact) mass is 625 g/mol. The van der Waals surface area contributed by atoms with Crippen LogP contribution in [0, 0.1) is 0 Å². The molecule has 41 heavy (non-hydrogen) atoms. The summed E-state index contributed by atoms with van der Waals surface area (Å²) in [6.07, 6.45) is -25.7. The molecule has 0 bridgehead atoms. The van der Waals surface area contributed by atoms with Crippen molar-refractivity contribution in [2.75, 3.05) is 19.8 Å². The van der Waals surface area contributed by atoms with Gasteiger partial charge in [-0.15, -0.1) is 0 Å². The van der Waals surface area contributed by atoms with Crippen LogP contribution < -0.4 is 5.32 Å². The Morgan fingerprint density at radius 2 is 1.20 bits per heavy atom. The standard InChI is InChI=1S/C20H35NO19S/c1-5(25)21-9-16(10(26)6(2-22)35-18(9)31)39-19-13(29)12(28)15(8(4-24)37-19)38-20-14(30)17(40-41(32,33)34)11(27)7(3-23)36-20/h6-20,22-24,26-31H,2-4H2,1H3,(H,21,25)(H,32,33,34)/t6-,7-,8-,9-,10+,11+,12-,13-,14-,15+,16-,17+,18+,19+,20+/m1/s1. The van der Waals surface area contributed by atoms with Crippen molar-refractivity contribution in [1.82, 2.24) is 5.32 Å². The van der Waals surface area contributed by atoms with Crippen LogP contribution in [0.2, 0.25) is 0 Å². The van der Waals surface area contributed by atoms with Crippen LogP contribution >= 0.6 is 0 Å². The molecule has 3 aliphatic rings. The fraction of sp³-hybridized carbons (Fsp3) is 0.950. The number of hydrogen-bond donors (Lipinski definition) is 11. The summed E-state index contributed by atoms with van der Waals surface area (Å²) in [5.41, 5.74) is 0. The highest BCUT2D eigenvalue weighted by molar-refractivity contribution is 7.80. The SMILES string of the molecule is CC(=O)N[C@@H]1[C@@H](O[C@@H]2O[C@H](CO)[C@H](O[C@@H]3O[C@H](CO)[C@H](O)[C@H](OS(=O)(=O)O)[C@H]3O)[C@H](O)[C@H]2O)[C@@H](O)[C@@H](CO)O[C@@H]1O. The third-order valence-corrected chi connectivity index (χ3v) is 7.17. The topological polar surface area (TPSA) is 321 Å². The van der Waals surface area contributed by atoms with Gasteiger partial charge in [0.1, 0.15) is 73.2 Å². The van der Waals surface area contributed by atoms with Crippen LogP contribution in [0.25, 0.3) is 0 Å². The van der Waals surface area contributed by atoms with Gasteiger partial charge >= 0.3 is 10.4 Å². The summed E-state index contributed by atoms with van der Waals surface area (Å²) in [6, 6.07) is -1.45. The molecule has 0 aromatic carbocycles. The molecule has 0 saturated carbocycles. The van der Waals surface area contributed by atoms with Gasteiger partial charge in [-0.2, -0.15) is 8.42 Å². The van der Waals surface area contributed by atoms with Crippen molar-refractivity contribution in [3.8, 4) is 0 Å². The van der Waals surface area contributed by atoms with Crippen molar-refractivity contribution in [3.63, 3.8) is 0 Å². The third kappa shape index (κ3) is 7.84. The molecule has 21 heteroatoms. The number of nitrogens with one attached hydrogen (secondary N) is 1. The quantitative estimate of drug-likeness (QED) is 0.100. The van der Waals surface area contributed by atoms with Crippen LogP contribution in [0.3, 0.4) is 0 Å². The molecule has 240 valence electrons. The van der Waals surface area contributed by atoms with E-state index in [0.29, 0.717) is 0 Å². The first-order chi connectivity index (χ1) is 19.1. The lowest BCUT2D eigenvalue weighted by Crippen LogP contribution is -2.68. The minimum Gasteiger partial charge on any atom is -0.394 e. The summed E-state index contributed by atoms with van der Waals surface area (Å²) < 4.78 is 62.4. The largest absolute Gasteiger partial charge is 0.397 e. The van der Waals surface area contributed by atoms with Crippen LogP contribution in [0.1, 0.15) is 6.92 Å². The highest BCUT2D eigenvalue weighted by Gasteiger charge is 2.54. The van der Waals surface area contributed by atoms with E-state index in [-0.39, 0.29) is 0 Å². The van der Waals surface area contributed by atoms with E-state index in [0.717, 1.165) is 6.92 Å². The lowest BCUT2D eigenvalue weighted by atomic mass is 9.95.